The number of rotatable bonds is 1. The molecule has 0 aromatic carbocycles. The third kappa shape index (κ3) is 0.680. The molecule has 0 N–H and O–H groups in total. The van der Waals surface area contributed by atoms with Crippen LogP contribution < -0.4 is 5.43 Å². The maximum Gasteiger partial charge on any atom is 0.154 e. The highest BCUT2D eigenvalue weighted by Gasteiger charge is 2.07. The Morgan fingerprint density at radius 2 is 2.40 bits per heavy atom. The molecule has 0 atom stereocenters. The third-order valence-corrected chi connectivity index (χ3v) is 1.09. The van der Waals surface area contributed by atoms with Gasteiger partial charge >= 0.3 is 0 Å². The normalized spacial score (nSPS) is 15.0. The van der Waals surface area contributed by atoms with Gasteiger partial charge in [-0.05, 0) is 6.08 Å². The lowest BCUT2D eigenvalue weighted by Gasteiger charge is -1.81. The van der Waals surface area contributed by atoms with Crippen LogP contribution in [0.1, 0.15) is 5.69 Å². The largest absolute Gasteiger partial charge is 0.345 e. The molecule has 1 aromatic heterocycles. The predicted octanol–water partition coefficient (Wildman–Crippen LogP) is -0.0946. The van der Waals surface area contributed by atoms with E-state index in [0.717, 1.165) is 0 Å². The molecule has 10 heavy (non-hydrogen) atoms. The first-order valence-corrected chi connectivity index (χ1v) is 2.68. The van der Waals surface area contributed by atoms with E-state index in [0.29, 0.717) is 11.4 Å². The van der Waals surface area contributed by atoms with Gasteiger partial charge in [0.15, 0.2) is 12.0 Å². The summed E-state index contributed by atoms with van der Waals surface area (Å²) in [5, 5.41) is 10.7. The van der Waals surface area contributed by atoms with Gasteiger partial charge in [-0.25, -0.2) is 0 Å². The van der Waals surface area contributed by atoms with Gasteiger partial charge < -0.3 is 4.52 Å². The predicted molar refractivity (Wildman–Crippen MR) is 32.1 cm³/mol. The Labute approximate surface area is 56.4 Å². The fourth-order valence-electron chi connectivity index (χ4n) is 0.646. The molecule has 2 heterocycles. The van der Waals surface area contributed by atoms with E-state index < -0.39 is 0 Å². The van der Waals surface area contributed by atoms with E-state index >= 15 is 0 Å². The minimum atomic E-state index is 0.609. The molecular formula is C5H3N4O. The zero-order valence-electron chi connectivity index (χ0n) is 4.93. The molecule has 49 valence electrons. The van der Waals surface area contributed by atoms with Gasteiger partial charge in [0, 0.05) is 5.27 Å². The lowest BCUT2D eigenvalue weighted by molar-refractivity contribution is 0.393. The van der Waals surface area contributed by atoms with Crippen LogP contribution in [0.3, 0.4) is 0 Å². The lowest BCUT2D eigenvalue weighted by Crippen LogP contribution is -1.94. The molecule has 1 aliphatic rings. The van der Waals surface area contributed by atoms with Crippen LogP contribution in [-0.4, -0.2) is 16.1 Å². The maximum absolute atomic E-state index is 4.51. The van der Waals surface area contributed by atoms with E-state index in [1.807, 2.05) is 0 Å². The van der Waals surface area contributed by atoms with Gasteiger partial charge in [0.05, 0.1) is 6.20 Å². The Bertz CT molecular complexity index is 274. The molecule has 0 amide bonds. The van der Waals surface area contributed by atoms with Crippen LogP contribution in [0.25, 0.3) is 0 Å². The van der Waals surface area contributed by atoms with Crippen LogP contribution in [0.15, 0.2) is 28.2 Å². The Morgan fingerprint density at radius 1 is 1.40 bits per heavy atom. The second kappa shape index (κ2) is 1.94. The Balaban J connectivity index is 2.36. The first-order chi connectivity index (χ1) is 4.97. The summed E-state index contributed by atoms with van der Waals surface area (Å²) < 4.78 is 4.51. The smallest absolute Gasteiger partial charge is 0.154 e. The second-order valence-corrected chi connectivity index (χ2v) is 1.71. The highest BCUT2D eigenvalue weighted by Crippen LogP contribution is 2.00. The Morgan fingerprint density at radius 3 is 3.00 bits per heavy atom. The SMILES string of the molecule is C1=CC(c2conn2)=N[N]1. The summed E-state index contributed by atoms with van der Waals surface area (Å²) >= 11 is 0. The molecule has 1 aromatic rings. The van der Waals surface area contributed by atoms with Crippen molar-refractivity contribution in [1.29, 1.82) is 0 Å². The molecule has 0 bridgehead atoms. The molecule has 0 saturated heterocycles. The zero-order valence-corrected chi connectivity index (χ0v) is 4.93. The van der Waals surface area contributed by atoms with Crippen molar-refractivity contribution in [2.45, 2.75) is 0 Å². The molecule has 1 radical (unpaired) electrons. The highest BCUT2D eigenvalue weighted by molar-refractivity contribution is 6.07. The summed E-state index contributed by atoms with van der Waals surface area (Å²) in [6, 6.07) is 0. The van der Waals surface area contributed by atoms with E-state index in [2.05, 4.69) is 25.4 Å². The maximum atomic E-state index is 4.51. The minimum absolute atomic E-state index is 0.609. The van der Waals surface area contributed by atoms with Crippen molar-refractivity contribution >= 4 is 5.71 Å². The fourth-order valence-corrected chi connectivity index (χ4v) is 0.646. The van der Waals surface area contributed by atoms with Crippen LogP contribution in [0.4, 0.5) is 0 Å². The van der Waals surface area contributed by atoms with E-state index in [9.17, 15) is 0 Å². The van der Waals surface area contributed by atoms with Gasteiger partial charge in [-0.15, -0.1) is 10.2 Å². The van der Waals surface area contributed by atoms with Gasteiger partial charge in [0.1, 0.15) is 5.71 Å². The topological polar surface area (TPSA) is 65.4 Å². The summed E-state index contributed by atoms with van der Waals surface area (Å²) in [5.74, 6) is 0. The molecule has 0 spiro atoms. The molecule has 1 aliphatic heterocycles. The van der Waals surface area contributed by atoms with E-state index in [-0.39, 0.29) is 0 Å². The van der Waals surface area contributed by atoms with Crippen molar-refractivity contribution in [3.63, 3.8) is 0 Å². The molecule has 0 fully saturated rings. The summed E-state index contributed by atoms with van der Waals surface area (Å²) in [5.41, 5.74) is 4.91. The first kappa shape index (κ1) is 5.16. The van der Waals surface area contributed by atoms with Crippen LogP contribution in [0.5, 0.6) is 0 Å². The van der Waals surface area contributed by atoms with Crippen LogP contribution in [-0.2, 0) is 0 Å². The average molecular weight is 135 g/mol. The molecular weight excluding hydrogens is 132 g/mol. The molecule has 5 nitrogen and oxygen atoms in total. The monoisotopic (exact) mass is 135 g/mol. The second-order valence-electron chi connectivity index (χ2n) is 1.71. The summed E-state index contributed by atoms with van der Waals surface area (Å²) in [6.07, 6.45) is 4.74. The van der Waals surface area contributed by atoms with Crippen molar-refractivity contribution in [1.82, 2.24) is 15.8 Å². The quantitative estimate of drug-likeness (QED) is 0.540. The third-order valence-electron chi connectivity index (χ3n) is 1.09. The molecule has 0 unspecified atom stereocenters. The number of nitrogens with zero attached hydrogens (tertiary/aromatic N) is 4. The van der Waals surface area contributed by atoms with Crippen molar-refractivity contribution < 1.29 is 4.52 Å². The van der Waals surface area contributed by atoms with Crippen molar-refractivity contribution in [2.24, 2.45) is 5.10 Å². The molecule has 0 saturated carbocycles. The van der Waals surface area contributed by atoms with Gasteiger partial charge in [0.25, 0.3) is 0 Å². The zero-order chi connectivity index (χ0) is 6.81. The van der Waals surface area contributed by atoms with Crippen LogP contribution in [0.2, 0.25) is 0 Å². The molecule has 5 heteroatoms. The van der Waals surface area contributed by atoms with Crippen molar-refractivity contribution in [2.75, 3.05) is 0 Å². The summed E-state index contributed by atoms with van der Waals surface area (Å²) in [6.45, 7) is 0. The number of aromatic nitrogens is 2. The van der Waals surface area contributed by atoms with E-state index in [1.165, 1.54) is 6.26 Å². The van der Waals surface area contributed by atoms with Crippen molar-refractivity contribution in [3.05, 3.63) is 24.2 Å². The lowest BCUT2D eigenvalue weighted by atomic mass is 10.3. The van der Waals surface area contributed by atoms with Gasteiger partial charge in [-0.2, -0.15) is 5.43 Å². The van der Waals surface area contributed by atoms with E-state index in [4.69, 9.17) is 0 Å². The standard InChI is InChI=1S/C5H3N4O/c1-2-6-7-4(1)5-3-10-9-8-5/h1-3H. The molecule has 2 rings (SSSR count). The van der Waals surface area contributed by atoms with Crippen LogP contribution in [0, 0.1) is 0 Å². The van der Waals surface area contributed by atoms with Crippen LogP contribution >= 0.6 is 0 Å². The van der Waals surface area contributed by atoms with Gasteiger partial charge in [-0.3, -0.25) is 0 Å². The molecule has 0 aliphatic carbocycles. The van der Waals surface area contributed by atoms with Gasteiger partial charge in [-0.1, -0.05) is 0 Å². The fraction of sp³-hybridized carbons (Fsp3) is 0. The van der Waals surface area contributed by atoms with Crippen molar-refractivity contribution in [3.8, 4) is 0 Å². The van der Waals surface area contributed by atoms with Gasteiger partial charge in [0.2, 0.25) is 0 Å². The average Bonchev–Trinajstić information content (AvgIpc) is 2.59. The Kier molecular flexibility index (Phi) is 1.00. The number of allylic oxidation sites excluding steroid dienone is 1. The minimum Gasteiger partial charge on any atom is -0.345 e. The summed E-state index contributed by atoms with van der Waals surface area (Å²) in [4.78, 5) is 0. The highest BCUT2D eigenvalue weighted by atomic mass is 16.5. The van der Waals surface area contributed by atoms with E-state index in [1.54, 1.807) is 12.3 Å². The number of hydrogen-bond acceptors (Lipinski definition) is 4. The Hall–Kier alpha value is -1.65. The summed E-state index contributed by atoms with van der Waals surface area (Å²) in [7, 11) is 0. The number of hydrogen-bond donors (Lipinski definition) is 0. The first-order valence-electron chi connectivity index (χ1n) is 2.68.